The third kappa shape index (κ3) is 5.93. The van der Waals surface area contributed by atoms with Crippen LogP contribution in [0.5, 0.6) is 5.75 Å². The van der Waals surface area contributed by atoms with Crippen LogP contribution in [0.1, 0.15) is 16.7 Å². The molecule has 7 nitrogen and oxygen atoms in total. The third-order valence-corrected chi connectivity index (χ3v) is 5.86. The number of anilines is 1. The van der Waals surface area contributed by atoms with E-state index in [-0.39, 0.29) is 16.8 Å². The predicted molar refractivity (Wildman–Crippen MR) is 121 cm³/mol. The van der Waals surface area contributed by atoms with E-state index < -0.39 is 18.4 Å². The van der Waals surface area contributed by atoms with Crippen molar-refractivity contribution in [3.05, 3.63) is 64.1 Å². The number of carboxylic acids is 1. The van der Waals surface area contributed by atoms with Gasteiger partial charge in [-0.1, -0.05) is 42.2 Å². The van der Waals surface area contributed by atoms with Crippen LogP contribution >= 0.6 is 24.0 Å². The van der Waals surface area contributed by atoms with Gasteiger partial charge in [0.2, 0.25) is 0 Å². The van der Waals surface area contributed by atoms with E-state index in [1.807, 2.05) is 32.0 Å². The molecule has 0 atom stereocenters. The number of ether oxygens (including phenoxy) is 1. The Hall–Kier alpha value is -3.17. The minimum atomic E-state index is -1.38. The van der Waals surface area contributed by atoms with Gasteiger partial charge in [0.05, 0.1) is 17.4 Å². The Morgan fingerprint density at radius 3 is 2.68 bits per heavy atom. The van der Waals surface area contributed by atoms with Gasteiger partial charge in [-0.25, -0.2) is 0 Å². The fourth-order valence-corrected chi connectivity index (χ4v) is 4.03. The largest absolute Gasteiger partial charge is 0.548 e. The van der Waals surface area contributed by atoms with Gasteiger partial charge in [0, 0.05) is 5.69 Å². The maximum Gasteiger partial charge on any atom is 0.266 e. The number of amides is 2. The van der Waals surface area contributed by atoms with Crippen LogP contribution < -0.4 is 15.2 Å². The first kappa shape index (κ1) is 22.5. The first-order chi connectivity index (χ1) is 14.7. The molecule has 0 radical (unpaired) electrons. The van der Waals surface area contributed by atoms with E-state index in [1.165, 1.54) is 0 Å². The van der Waals surface area contributed by atoms with Crippen molar-refractivity contribution in [1.82, 2.24) is 4.90 Å². The van der Waals surface area contributed by atoms with Gasteiger partial charge in [-0.3, -0.25) is 14.5 Å². The SMILES string of the molecule is Cc1ccc(NC(=O)COc2cccc(/C=C3/SC(=S)N(CC(=O)[O-])C3=O)c2)cc1C. The van der Waals surface area contributed by atoms with Crippen LogP contribution in [-0.2, 0) is 14.4 Å². The first-order valence-electron chi connectivity index (χ1n) is 9.28. The summed E-state index contributed by atoms with van der Waals surface area (Å²) in [6, 6.07) is 12.5. The summed E-state index contributed by atoms with van der Waals surface area (Å²) in [5.74, 6) is -1.71. The molecule has 2 amide bonds. The van der Waals surface area contributed by atoms with E-state index >= 15 is 0 Å². The van der Waals surface area contributed by atoms with Crippen molar-refractivity contribution < 1.29 is 24.2 Å². The van der Waals surface area contributed by atoms with Crippen LogP contribution in [0.25, 0.3) is 6.08 Å². The highest BCUT2D eigenvalue weighted by Gasteiger charge is 2.31. The quantitative estimate of drug-likeness (QED) is 0.505. The van der Waals surface area contributed by atoms with Crippen LogP contribution in [0.2, 0.25) is 0 Å². The number of aliphatic carboxylic acids is 1. The number of thioether (sulfide) groups is 1. The van der Waals surface area contributed by atoms with Gasteiger partial charge in [-0.2, -0.15) is 0 Å². The maximum atomic E-state index is 12.3. The zero-order valence-electron chi connectivity index (χ0n) is 16.8. The van der Waals surface area contributed by atoms with E-state index in [1.54, 1.807) is 30.3 Å². The fourth-order valence-electron chi connectivity index (χ4n) is 2.78. The van der Waals surface area contributed by atoms with E-state index in [0.717, 1.165) is 27.8 Å². The number of aryl methyl sites for hydroxylation is 2. The molecule has 0 aliphatic carbocycles. The lowest BCUT2D eigenvalue weighted by Gasteiger charge is -2.14. The summed E-state index contributed by atoms with van der Waals surface area (Å²) in [5, 5.41) is 13.6. The molecule has 0 unspecified atom stereocenters. The second kappa shape index (κ2) is 9.76. The van der Waals surface area contributed by atoms with Gasteiger partial charge < -0.3 is 20.0 Å². The summed E-state index contributed by atoms with van der Waals surface area (Å²) in [6.07, 6.45) is 1.59. The van der Waals surface area contributed by atoms with Crippen molar-refractivity contribution in [2.24, 2.45) is 0 Å². The molecule has 160 valence electrons. The summed E-state index contributed by atoms with van der Waals surface area (Å²) in [7, 11) is 0. The van der Waals surface area contributed by atoms with Crippen molar-refractivity contribution >= 4 is 57.8 Å². The highest BCUT2D eigenvalue weighted by molar-refractivity contribution is 8.26. The zero-order chi connectivity index (χ0) is 22.5. The molecule has 2 aromatic carbocycles. The lowest BCUT2D eigenvalue weighted by molar-refractivity contribution is -0.305. The summed E-state index contributed by atoms with van der Waals surface area (Å²) < 4.78 is 5.73. The van der Waals surface area contributed by atoms with Crippen LogP contribution in [0.15, 0.2) is 47.4 Å². The second-order valence-corrected chi connectivity index (χ2v) is 8.52. The highest BCUT2D eigenvalue weighted by Crippen LogP contribution is 2.32. The minimum absolute atomic E-state index is 0.163. The molecule has 1 heterocycles. The van der Waals surface area contributed by atoms with Gasteiger partial charge in [0.25, 0.3) is 11.8 Å². The average Bonchev–Trinajstić information content (AvgIpc) is 2.96. The average molecular weight is 456 g/mol. The molecule has 1 N–H and O–H groups in total. The Bertz CT molecular complexity index is 1100. The topological polar surface area (TPSA) is 98.8 Å². The van der Waals surface area contributed by atoms with Crippen molar-refractivity contribution in [3.63, 3.8) is 0 Å². The lowest BCUT2D eigenvalue weighted by atomic mass is 10.1. The van der Waals surface area contributed by atoms with Crippen molar-refractivity contribution in [2.45, 2.75) is 13.8 Å². The Kier molecular flexibility index (Phi) is 7.09. The highest BCUT2D eigenvalue weighted by atomic mass is 32.2. The molecule has 2 aromatic rings. The Morgan fingerprint density at radius 2 is 1.97 bits per heavy atom. The standard InChI is InChI=1S/C22H20N2O5S2/c1-13-6-7-16(8-14(13)2)23-19(25)12-29-17-5-3-4-15(9-17)10-18-21(28)24(11-20(26)27)22(30)31-18/h3-10H,11-12H2,1-2H3,(H,23,25)(H,26,27)/p-1/b18-10+. The maximum absolute atomic E-state index is 12.3. The Morgan fingerprint density at radius 1 is 1.19 bits per heavy atom. The number of thiocarbonyl (C=S) groups is 1. The molecule has 0 saturated carbocycles. The molecule has 0 bridgehead atoms. The number of hydrogen-bond donors (Lipinski definition) is 1. The third-order valence-electron chi connectivity index (χ3n) is 4.48. The number of hydrogen-bond acceptors (Lipinski definition) is 7. The molecule has 1 aliphatic rings. The molecule has 9 heteroatoms. The van der Waals surface area contributed by atoms with Gasteiger partial charge in [0.15, 0.2) is 6.61 Å². The van der Waals surface area contributed by atoms with Gasteiger partial charge >= 0.3 is 0 Å². The molecule has 3 rings (SSSR count). The Labute approximate surface area is 189 Å². The van der Waals surface area contributed by atoms with E-state index in [9.17, 15) is 19.5 Å². The van der Waals surface area contributed by atoms with Crippen LogP contribution in [0.4, 0.5) is 5.69 Å². The predicted octanol–water partition coefficient (Wildman–Crippen LogP) is 2.27. The fraction of sp³-hybridized carbons (Fsp3) is 0.182. The molecule has 1 aliphatic heterocycles. The monoisotopic (exact) mass is 455 g/mol. The van der Waals surface area contributed by atoms with Crippen molar-refractivity contribution in [1.29, 1.82) is 0 Å². The molecule has 1 saturated heterocycles. The molecule has 0 spiro atoms. The van der Waals surface area contributed by atoms with E-state index in [0.29, 0.717) is 21.9 Å². The number of rotatable bonds is 7. The molecule has 0 aromatic heterocycles. The van der Waals surface area contributed by atoms with Crippen molar-refractivity contribution in [3.8, 4) is 5.75 Å². The summed E-state index contributed by atoms with van der Waals surface area (Å²) >= 11 is 6.08. The minimum Gasteiger partial charge on any atom is -0.548 e. The van der Waals surface area contributed by atoms with Gasteiger partial charge in [-0.15, -0.1) is 0 Å². The molecular weight excluding hydrogens is 436 g/mol. The lowest BCUT2D eigenvalue weighted by Crippen LogP contribution is -2.40. The first-order valence-corrected chi connectivity index (χ1v) is 10.5. The number of carboxylic acid groups (broad SMARTS) is 1. The second-order valence-electron chi connectivity index (χ2n) is 6.85. The number of carbonyl (C=O) groups excluding carboxylic acids is 3. The van der Waals surface area contributed by atoms with E-state index in [2.05, 4.69) is 5.32 Å². The van der Waals surface area contributed by atoms with Crippen molar-refractivity contribution in [2.75, 3.05) is 18.5 Å². The number of nitrogens with one attached hydrogen (secondary N) is 1. The van der Waals surface area contributed by atoms with Crippen LogP contribution in [0.3, 0.4) is 0 Å². The summed E-state index contributed by atoms with van der Waals surface area (Å²) in [6.45, 7) is 3.21. The number of benzene rings is 2. The molecular formula is C22H19N2O5S2-. The van der Waals surface area contributed by atoms with E-state index in [4.69, 9.17) is 17.0 Å². The summed E-state index contributed by atoms with van der Waals surface area (Å²) in [5.41, 5.74) is 3.57. The molecule has 31 heavy (non-hydrogen) atoms. The summed E-state index contributed by atoms with van der Waals surface area (Å²) in [4.78, 5) is 36.6. The number of nitrogens with zero attached hydrogens (tertiary/aromatic N) is 1. The van der Waals surface area contributed by atoms with Crippen LogP contribution in [-0.4, -0.2) is 40.2 Å². The zero-order valence-corrected chi connectivity index (χ0v) is 18.5. The normalized spacial score (nSPS) is 14.8. The van der Waals surface area contributed by atoms with Gasteiger partial charge in [0.1, 0.15) is 10.1 Å². The number of carbonyl (C=O) groups is 3. The van der Waals surface area contributed by atoms with Crippen LogP contribution in [0, 0.1) is 13.8 Å². The van der Waals surface area contributed by atoms with Gasteiger partial charge in [-0.05, 0) is 60.9 Å². The smallest absolute Gasteiger partial charge is 0.266 e. The molecule has 1 fully saturated rings. The Balaban J connectivity index is 1.62.